The molecule has 1 saturated carbocycles. The van der Waals surface area contributed by atoms with Crippen LogP contribution in [0.3, 0.4) is 0 Å². The van der Waals surface area contributed by atoms with Crippen LogP contribution in [-0.4, -0.2) is 29.2 Å². The van der Waals surface area contributed by atoms with E-state index < -0.39 is 0 Å². The molecule has 0 spiro atoms. The first-order valence-corrected chi connectivity index (χ1v) is 6.47. The Morgan fingerprint density at radius 2 is 1.88 bits per heavy atom. The number of ether oxygens (including phenoxy) is 1. The molecule has 0 aromatic carbocycles. The lowest BCUT2D eigenvalue weighted by Crippen LogP contribution is -2.48. The van der Waals surface area contributed by atoms with Crippen molar-refractivity contribution in [2.45, 2.75) is 64.5 Å². The maximum absolute atomic E-state index is 12.1. The third kappa shape index (κ3) is 2.50. The first kappa shape index (κ1) is 11.7. The Hall–Kier alpha value is -0.730. The molecular formula is C13H23NO2. The Balaban J connectivity index is 2.00. The number of hydrogen-bond acceptors (Lipinski definition) is 2. The predicted molar refractivity (Wildman–Crippen MR) is 63.3 cm³/mol. The van der Waals surface area contributed by atoms with Gasteiger partial charge in [-0.1, -0.05) is 6.42 Å². The van der Waals surface area contributed by atoms with E-state index in [1.165, 1.54) is 25.7 Å². The third-order valence-electron chi connectivity index (χ3n) is 3.62. The van der Waals surface area contributed by atoms with E-state index in [1.807, 2.05) is 25.7 Å². The zero-order valence-corrected chi connectivity index (χ0v) is 10.7. The second-order valence-electron chi connectivity index (χ2n) is 6.07. The van der Waals surface area contributed by atoms with Gasteiger partial charge in [0.05, 0.1) is 0 Å². The highest BCUT2D eigenvalue weighted by Gasteiger charge is 2.38. The second-order valence-corrected chi connectivity index (χ2v) is 6.07. The molecule has 0 N–H and O–H groups in total. The van der Waals surface area contributed by atoms with E-state index in [-0.39, 0.29) is 11.7 Å². The van der Waals surface area contributed by atoms with Crippen molar-refractivity contribution >= 4 is 6.09 Å². The lowest BCUT2D eigenvalue weighted by molar-refractivity contribution is 0.00434. The number of rotatable bonds is 0. The van der Waals surface area contributed by atoms with Gasteiger partial charge in [-0.25, -0.2) is 4.79 Å². The number of nitrogens with zero attached hydrogens (tertiary/aromatic N) is 1. The van der Waals surface area contributed by atoms with Gasteiger partial charge in [-0.2, -0.15) is 0 Å². The molecule has 2 rings (SSSR count). The minimum absolute atomic E-state index is 0.107. The van der Waals surface area contributed by atoms with Crippen molar-refractivity contribution in [1.29, 1.82) is 0 Å². The lowest BCUT2D eigenvalue weighted by Gasteiger charge is -2.38. The molecule has 1 aliphatic heterocycles. The van der Waals surface area contributed by atoms with E-state index >= 15 is 0 Å². The Morgan fingerprint density at radius 1 is 1.19 bits per heavy atom. The quantitative estimate of drug-likeness (QED) is 0.633. The van der Waals surface area contributed by atoms with Gasteiger partial charge >= 0.3 is 6.09 Å². The van der Waals surface area contributed by atoms with Crippen molar-refractivity contribution in [2.75, 3.05) is 6.54 Å². The summed E-state index contributed by atoms with van der Waals surface area (Å²) >= 11 is 0. The topological polar surface area (TPSA) is 29.5 Å². The van der Waals surface area contributed by atoms with E-state index in [2.05, 4.69) is 0 Å². The van der Waals surface area contributed by atoms with E-state index in [4.69, 9.17) is 4.74 Å². The van der Waals surface area contributed by atoms with Crippen molar-refractivity contribution in [2.24, 2.45) is 5.92 Å². The van der Waals surface area contributed by atoms with Crippen LogP contribution in [0, 0.1) is 5.92 Å². The van der Waals surface area contributed by atoms with E-state index in [0.29, 0.717) is 6.04 Å². The summed E-state index contributed by atoms with van der Waals surface area (Å²) in [6.07, 6.45) is 6.07. The van der Waals surface area contributed by atoms with Gasteiger partial charge in [0.2, 0.25) is 0 Å². The van der Waals surface area contributed by atoms with Crippen molar-refractivity contribution < 1.29 is 9.53 Å². The van der Waals surface area contributed by atoms with E-state index in [9.17, 15) is 4.79 Å². The minimum Gasteiger partial charge on any atom is -0.444 e. The molecule has 2 aliphatic rings. The Morgan fingerprint density at radius 3 is 2.56 bits per heavy atom. The first-order chi connectivity index (χ1) is 7.47. The molecule has 92 valence electrons. The van der Waals surface area contributed by atoms with Crippen LogP contribution < -0.4 is 0 Å². The minimum atomic E-state index is -0.372. The first-order valence-electron chi connectivity index (χ1n) is 6.47. The SMILES string of the molecule is CC(C)(C)OC(=O)N1CCC[C@@H]2CCCC21. The molecule has 1 amide bonds. The van der Waals surface area contributed by atoms with Crippen LogP contribution in [0.4, 0.5) is 4.79 Å². The van der Waals surface area contributed by atoms with Crippen LogP contribution in [0.15, 0.2) is 0 Å². The number of amides is 1. The van der Waals surface area contributed by atoms with Gasteiger partial charge in [-0.05, 0) is 52.4 Å². The number of hydrogen-bond donors (Lipinski definition) is 0. The molecule has 0 aromatic heterocycles. The Labute approximate surface area is 98.1 Å². The van der Waals surface area contributed by atoms with Crippen LogP contribution in [0.1, 0.15) is 52.9 Å². The van der Waals surface area contributed by atoms with E-state index in [0.717, 1.165) is 18.9 Å². The summed E-state index contributed by atoms with van der Waals surface area (Å²) in [4.78, 5) is 14.0. The Kier molecular flexibility index (Phi) is 3.13. The molecule has 2 fully saturated rings. The van der Waals surface area contributed by atoms with Crippen molar-refractivity contribution in [1.82, 2.24) is 4.90 Å². The molecule has 0 radical (unpaired) electrons. The summed E-state index contributed by atoms with van der Waals surface area (Å²) in [7, 11) is 0. The maximum atomic E-state index is 12.1. The zero-order valence-electron chi connectivity index (χ0n) is 10.7. The smallest absolute Gasteiger partial charge is 0.410 e. The van der Waals surface area contributed by atoms with Gasteiger partial charge in [-0.15, -0.1) is 0 Å². The van der Waals surface area contributed by atoms with Crippen molar-refractivity contribution in [3.05, 3.63) is 0 Å². The summed E-state index contributed by atoms with van der Waals surface area (Å²) in [5.74, 6) is 0.737. The highest BCUT2D eigenvalue weighted by molar-refractivity contribution is 5.68. The lowest BCUT2D eigenvalue weighted by atomic mass is 9.92. The molecular weight excluding hydrogens is 202 g/mol. The summed E-state index contributed by atoms with van der Waals surface area (Å²) in [5.41, 5.74) is -0.372. The fourth-order valence-corrected chi connectivity index (χ4v) is 3.00. The van der Waals surface area contributed by atoms with Crippen molar-refractivity contribution in [3.8, 4) is 0 Å². The normalized spacial score (nSPS) is 30.1. The molecule has 1 unspecified atom stereocenters. The predicted octanol–water partition coefficient (Wildman–Crippen LogP) is 3.19. The second kappa shape index (κ2) is 4.27. The van der Waals surface area contributed by atoms with Gasteiger partial charge in [-0.3, -0.25) is 0 Å². The molecule has 1 heterocycles. The van der Waals surface area contributed by atoms with Gasteiger partial charge in [0.15, 0.2) is 0 Å². The number of piperidine rings is 1. The number of carbonyl (C=O) groups is 1. The summed E-state index contributed by atoms with van der Waals surface area (Å²) in [5, 5.41) is 0. The summed E-state index contributed by atoms with van der Waals surface area (Å²) < 4.78 is 5.47. The molecule has 0 aromatic rings. The molecule has 3 nitrogen and oxygen atoms in total. The van der Waals surface area contributed by atoms with Gasteiger partial charge in [0.25, 0.3) is 0 Å². The van der Waals surface area contributed by atoms with Crippen LogP contribution in [0.2, 0.25) is 0 Å². The summed E-state index contributed by atoms with van der Waals surface area (Å²) in [6.45, 7) is 6.68. The van der Waals surface area contributed by atoms with Gasteiger partial charge < -0.3 is 9.64 Å². The fraction of sp³-hybridized carbons (Fsp3) is 0.923. The number of carbonyl (C=O) groups excluding carboxylic acids is 1. The van der Waals surface area contributed by atoms with Crippen LogP contribution in [0.5, 0.6) is 0 Å². The largest absolute Gasteiger partial charge is 0.444 e. The van der Waals surface area contributed by atoms with Crippen LogP contribution in [0.25, 0.3) is 0 Å². The standard InChI is InChI=1S/C13H23NO2/c1-13(2,3)16-12(15)14-9-5-7-10-6-4-8-11(10)14/h10-11H,4-9H2,1-3H3/t10-,11?/m0/s1. The number of fused-ring (bicyclic) bond motifs is 1. The summed E-state index contributed by atoms with van der Waals surface area (Å²) in [6, 6.07) is 0.462. The molecule has 1 aliphatic carbocycles. The molecule has 1 saturated heterocycles. The zero-order chi connectivity index (χ0) is 11.8. The molecule has 3 heteroatoms. The highest BCUT2D eigenvalue weighted by Crippen LogP contribution is 2.37. The van der Waals surface area contributed by atoms with E-state index in [1.54, 1.807) is 0 Å². The van der Waals surface area contributed by atoms with Gasteiger partial charge in [0, 0.05) is 12.6 Å². The van der Waals surface area contributed by atoms with Crippen LogP contribution >= 0.6 is 0 Å². The average Bonchev–Trinajstić information content (AvgIpc) is 2.61. The number of likely N-dealkylation sites (tertiary alicyclic amines) is 1. The maximum Gasteiger partial charge on any atom is 0.410 e. The molecule has 2 atom stereocenters. The highest BCUT2D eigenvalue weighted by atomic mass is 16.6. The Bertz CT molecular complexity index is 270. The van der Waals surface area contributed by atoms with Crippen molar-refractivity contribution in [3.63, 3.8) is 0 Å². The van der Waals surface area contributed by atoms with Crippen LogP contribution in [-0.2, 0) is 4.74 Å². The molecule has 16 heavy (non-hydrogen) atoms. The van der Waals surface area contributed by atoms with Gasteiger partial charge in [0.1, 0.15) is 5.60 Å². The third-order valence-corrected chi connectivity index (χ3v) is 3.62. The fourth-order valence-electron chi connectivity index (χ4n) is 3.00. The molecule has 0 bridgehead atoms. The average molecular weight is 225 g/mol. The monoisotopic (exact) mass is 225 g/mol.